The molecule has 1 atom stereocenters. The molecule has 2 N–H and O–H groups in total. The van der Waals surface area contributed by atoms with E-state index in [0.29, 0.717) is 5.69 Å². The van der Waals surface area contributed by atoms with Crippen molar-refractivity contribution in [3.8, 4) is 0 Å². The van der Waals surface area contributed by atoms with Crippen LogP contribution in [0.3, 0.4) is 0 Å². The summed E-state index contributed by atoms with van der Waals surface area (Å²) in [5.41, 5.74) is 1.50. The van der Waals surface area contributed by atoms with Gasteiger partial charge in [0.05, 0.1) is 23.2 Å². The highest BCUT2D eigenvalue weighted by molar-refractivity contribution is 6.05. The van der Waals surface area contributed by atoms with E-state index in [-0.39, 0.29) is 22.6 Å². The van der Waals surface area contributed by atoms with Crippen LogP contribution in [0.4, 0.5) is 0 Å². The van der Waals surface area contributed by atoms with E-state index in [4.69, 9.17) is 0 Å². The summed E-state index contributed by atoms with van der Waals surface area (Å²) in [6.45, 7) is 5.46. The van der Waals surface area contributed by atoms with Gasteiger partial charge < -0.3 is 5.32 Å². The van der Waals surface area contributed by atoms with Crippen molar-refractivity contribution in [2.75, 3.05) is 0 Å². The van der Waals surface area contributed by atoms with Gasteiger partial charge in [-0.15, -0.1) is 0 Å². The minimum Gasteiger partial charge on any atom is -0.345 e. The van der Waals surface area contributed by atoms with Crippen LogP contribution in [0.2, 0.25) is 0 Å². The van der Waals surface area contributed by atoms with Gasteiger partial charge in [0.1, 0.15) is 5.65 Å². The number of aromatic nitrogens is 5. The zero-order chi connectivity index (χ0) is 19.2. The Labute approximate surface area is 148 Å². The molecule has 0 radical (unpaired) electrons. The molecule has 0 bridgehead atoms. The third-order valence-corrected chi connectivity index (χ3v) is 4.53. The Bertz CT molecular complexity index is 1140. The van der Waals surface area contributed by atoms with Crippen LogP contribution >= 0.6 is 0 Å². The fourth-order valence-corrected chi connectivity index (χ4v) is 2.93. The van der Waals surface area contributed by atoms with Crippen molar-refractivity contribution in [1.82, 2.24) is 29.6 Å². The molecule has 26 heavy (non-hydrogen) atoms. The highest BCUT2D eigenvalue weighted by Gasteiger charge is 2.20. The SMILES string of the molecule is Cc1cc(C(=O)N[C@H](C)c2cnn(C)c2C)c2c(=O)[nH]c(=O)n(C)c2n1. The number of H-pyrrole nitrogens is 1. The molecular formula is C17H20N6O3. The van der Waals surface area contributed by atoms with Gasteiger partial charge in [-0.25, -0.2) is 9.78 Å². The van der Waals surface area contributed by atoms with Gasteiger partial charge in [-0.3, -0.25) is 23.8 Å². The molecule has 0 aliphatic carbocycles. The molecular weight excluding hydrogens is 336 g/mol. The van der Waals surface area contributed by atoms with E-state index >= 15 is 0 Å². The van der Waals surface area contributed by atoms with Crippen LogP contribution in [0, 0.1) is 13.8 Å². The standard InChI is InChI=1S/C17H20N6O3/c1-8-6-11(13-14(19-8)22(4)17(26)21-16(13)25)15(24)20-9(2)12-7-18-23(5)10(12)3/h6-7,9H,1-5H3,(H,20,24)(H,21,25,26)/t9-/m1/s1. The van der Waals surface area contributed by atoms with Crippen molar-refractivity contribution in [3.05, 3.63) is 55.6 Å². The lowest BCUT2D eigenvalue weighted by atomic mass is 10.1. The van der Waals surface area contributed by atoms with Gasteiger partial charge in [-0.05, 0) is 26.8 Å². The van der Waals surface area contributed by atoms with Crippen molar-refractivity contribution >= 4 is 16.9 Å². The van der Waals surface area contributed by atoms with Crippen LogP contribution in [0.15, 0.2) is 21.9 Å². The molecule has 3 heterocycles. The van der Waals surface area contributed by atoms with Crippen molar-refractivity contribution in [1.29, 1.82) is 0 Å². The number of amides is 1. The minimum atomic E-state index is -0.633. The Morgan fingerprint density at radius 1 is 1.27 bits per heavy atom. The summed E-state index contributed by atoms with van der Waals surface area (Å²) in [4.78, 5) is 43.4. The Balaban J connectivity index is 2.09. The van der Waals surface area contributed by atoms with Crippen LogP contribution in [0.1, 0.15) is 40.3 Å². The van der Waals surface area contributed by atoms with E-state index in [2.05, 4.69) is 20.4 Å². The molecule has 3 rings (SSSR count). The highest BCUT2D eigenvalue weighted by Crippen LogP contribution is 2.18. The first-order chi connectivity index (χ1) is 12.2. The normalized spacial score (nSPS) is 12.3. The van der Waals surface area contributed by atoms with Gasteiger partial charge >= 0.3 is 5.69 Å². The van der Waals surface area contributed by atoms with Crippen LogP contribution < -0.4 is 16.6 Å². The molecule has 0 aliphatic heterocycles. The maximum Gasteiger partial charge on any atom is 0.329 e. The number of pyridine rings is 1. The molecule has 0 aliphatic rings. The average molecular weight is 356 g/mol. The Morgan fingerprint density at radius 2 is 1.96 bits per heavy atom. The molecule has 9 heteroatoms. The summed E-state index contributed by atoms with van der Waals surface area (Å²) in [5, 5.41) is 7.15. The number of rotatable bonds is 3. The quantitative estimate of drug-likeness (QED) is 0.708. The van der Waals surface area contributed by atoms with Crippen LogP contribution in [-0.4, -0.2) is 30.2 Å². The van der Waals surface area contributed by atoms with Gasteiger partial charge in [0.25, 0.3) is 11.5 Å². The Morgan fingerprint density at radius 3 is 2.58 bits per heavy atom. The number of carbonyl (C=O) groups is 1. The van der Waals surface area contributed by atoms with Crippen LogP contribution in [-0.2, 0) is 14.1 Å². The number of aryl methyl sites for hydroxylation is 3. The van der Waals surface area contributed by atoms with Gasteiger partial charge in [-0.2, -0.15) is 5.10 Å². The third kappa shape index (κ3) is 2.81. The van der Waals surface area contributed by atoms with E-state index in [0.717, 1.165) is 11.3 Å². The lowest BCUT2D eigenvalue weighted by Crippen LogP contribution is -2.33. The van der Waals surface area contributed by atoms with Gasteiger partial charge in [-0.1, -0.05) is 0 Å². The van der Waals surface area contributed by atoms with E-state index in [1.807, 2.05) is 20.9 Å². The van der Waals surface area contributed by atoms with Gasteiger partial charge in [0.15, 0.2) is 0 Å². The number of aromatic amines is 1. The van der Waals surface area contributed by atoms with Crippen molar-refractivity contribution in [2.24, 2.45) is 14.1 Å². The first kappa shape index (κ1) is 17.6. The summed E-state index contributed by atoms with van der Waals surface area (Å²) in [6.07, 6.45) is 1.70. The molecule has 1 amide bonds. The lowest BCUT2D eigenvalue weighted by molar-refractivity contribution is 0.0941. The zero-order valence-electron chi connectivity index (χ0n) is 15.2. The number of fused-ring (bicyclic) bond motifs is 1. The van der Waals surface area contributed by atoms with Crippen LogP contribution in [0.25, 0.3) is 11.0 Å². The Hall–Kier alpha value is -3.23. The number of nitrogens with zero attached hydrogens (tertiary/aromatic N) is 4. The number of hydrogen-bond acceptors (Lipinski definition) is 5. The molecule has 136 valence electrons. The highest BCUT2D eigenvalue weighted by atomic mass is 16.2. The first-order valence-corrected chi connectivity index (χ1v) is 8.10. The monoisotopic (exact) mass is 356 g/mol. The number of carbonyl (C=O) groups excluding carboxylic acids is 1. The van der Waals surface area contributed by atoms with E-state index in [1.54, 1.807) is 23.9 Å². The molecule has 0 aromatic carbocycles. The number of nitrogens with one attached hydrogen (secondary N) is 2. The second-order valence-corrected chi connectivity index (χ2v) is 6.33. The third-order valence-electron chi connectivity index (χ3n) is 4.53. The summed E-state index contributed by atoms with van der Waals surface area (Å²) < 4.78 is 2.94. The van der Waals surface area contributed by atoms with E-state index in [1.165, 1.54) is 11.6 Å². The van der Waals surface area contributed by atoms with Gasteiger partial charge in [0, 0.05) is 31.0 Å². The summed E-state index contributed by atoms with van der Waals surface area (Å²) in [6, 6.07) is 1.24. The van der Waals surface area contributed by atoms with Crippen LogP contribution in [0.5, 0.6) is 0 Å². The van der Waals surface area contributed by atoms with E-state index in [9.17, 15) is 14.4 Å². The largest absolute Gasteiger partial charge is 0.345 e. The summed E-state index contributed by atoms with van der Waals surface area (Å²) >= 11 is 0. The molecule has 0 saturated heterocycles. The fourth-order valence-electron chi connectivity index (χ4n) is 2.93. The van der Waals surface area contributed by atoms with Crippen molar-refractivity contribution in [3.63, 3.8) is 0 Å². The number of hydrogen-bond donors (Lipinski definition) is 2. The predicted molar refractivity (Wildman–Crippen MR) is 96.2 cm³/mol. The predicted octanol–water partition coefficient (Wildman–Crippen LogP) is 0.463. The second kappa shape index (κ2) is 6.25. The molecule has 3 aromatic heterocycles. The lowest BCUT2D eigenvalue weighted by Gasteiger charge is -2.15. The second-order valence-electron chi connectivity index (χ2n) is 6.33. The van der Waals surface area contributed by atoms with Crippen molar-refractivity contribution < 1.29 is 4.79 Å². The smallest absolute Gasteiger partial charge is 0.329 e. The average Bonchev–Trinajstić information content (AvgIpc) is 2.91. The topological polar surface area (TPSA) is 115 Å². The molecule has 0 saturated carbocycles. The summed E-state index contributed by atoms with van der Waals surface area (Å²) in [7, 11) is 3.32. The maximum atomic E-state index is 12.9. The maximum absolute atomic E-state index is 12.9. The molecule has 9 nitrogen and oxygen atoms in total. The molecule has 0 unspecified atom stereocenters. The van der Waals surface area contributed by atoms with E-state index < -0.39 is 17.2 Å². The van der Waals surface area contributed by atoms with Gasteiger partial charge in [0.2, 0.25) is 0 Å². The first-order valence-electron chi connectivity index (χ1n) is 8.10. The molecule has 0 spiro atoms. The molecule has 3 aromatic rings. The summed E-state index contributed by atoms with van der Waals surface area (Å²) in [5.74, 6) is -0.416. The van der Waals surface area contributed by atoms with Crippen molar-refractivity contribution in [2.45, 2.75) is 26.8 Å². The molecule has 0 fully saturated rings. The Kier molecular flexibility index (Phi) is 4.23. The fraction of sp³-hybridized carbons (Fsp3) is 0.353. The zero-order valence-corrected chi connectivity index (χ0v) is 15.2. The minimum absolute atomic E-state index is 0.0882.